The highest BCUT2D eigenvalue weighted by atomic mass is 32.1. The molecule has 74 valence electrons. The van der Waals surface area contributed by atoms with Gasteiger partial charge in [-0.3, -0.25) is 0 Å². The van der Waals surface area contributed by atoms with Crippen molar-refractivity contribution in [2.45, 2.75) is 20.8 Å². The number of aliphatic hydroxyl groups excluding tert-OH is 1. The summed E-state index contributed by atoms with van der Waals surface area (Å²) in [5.41, 5.74) is -0.157. The van der Waals surface area contributed by atoms with E-state index in [4.69, 9.17) is 9.84 Å². The number of ether oxygens (including phenoxy) is 1. The lowest BCUT2D eigenvalue weighted by Crippen LogP contribution is -2.25. The summed E-state index contributed by atoms with van der Waals surface area (Å²) in [6, 6.07) is 2.01. The standard InChI is InChI=1S/C10H16O2S/c1-8-4-9(5-13-8)12-7-10(2,3)6-11/h4-5,11H,6-7H2,1-3H3. The van der Waals surface area contributed by atoms with Crippen LogP contribution in [0.5, 0.6) is 5.75 Å². The Bertz CT molecular complexity index is 266. The molecule has 1 heterocycles. The van der Waals surface area contributed by atoms with Gasteiger partial charge in [0.1, 0.15) is 5.75 Å². The minimum atomic E-state index is -0.157. The third kappa shape index (κ3) is 3.36. The smallest absolute Gasteiger partial charge is 0.130 e. The summed E-state index contributed by atoms with van der Waals surface area (Å²) in [6.45, 7) is 6.71. The van der Waals surface area contributed by atoms with Crippen LogP contribution in [0.3, 0.4) is 0 Å². The Labute approximate surface area is 83.2 Å². The number of rotatable bonds is 4. The molecule has 0 aliphatic rings. The Balaban J connectivity index is 2.43. The molecule has 1 aromatic heterocycles. The molecule has 0 radical (unpaired) electrons. The molecule has 0 saturated carbocycles. The fraction of sp³-hybridized carbons (Fsp3) is 0.600. The maximum atomic E-state index is 9.00. The van der Waals surface area contributed by atoms with Crippen molar-refractivity contribution in [3.8, 4) is 5.75 Å². The number of thiophene rings is 1. The van der Waals surface area contributed by atoms with E-state index in [1.165, 1.54) is 4.88 Å². The quantitative estimate of drug-likeness (QED) is 0.809. The Morgan fingerprint density at radius 1 is 1.54 bits per heavy atom. The van der Waals surface area contributed by atoms with Crippen LogP contribution in [-0.4, -0.2) is 18.3 Å². The zero-order valence-electron chi connectivity index (χ0n) is 8.33. The van der Waals surface area contributed by atoms with Crippen LogP contribution in [0.2, 0.25) is 0 Å². The Hall–Kier alpha value is -0.540. The third-order valence-corrected chi connectivity index (χ3v) is 2.60. The van der Waals surface area contributed by atoms with Crippen LogP contribution in [0, 0.1) is 12.3 Å². The first-order chi connectivity index (χ1) is 6.03. The molecule has 1 N–H and O–H groups in total. The predicted octanol–water partition coefficient (Wildman–Crippen LogP) is 2.45. The van der Waals surface area contributed by atoms with Crippen LogP contribution in [0.25, 0.3) is 0 Å². The summed E-state index contributed by atoms with van der Waals surface area (Å²) in [5, 5.41) is 11.0. The van der Waals surface area contributed by atoms with Crippen LogP contribution in [0.1, 0.15) is 18.7 Å². The molecule has 1 rings (SSSR count). The lowest BCUT2D eigenvalue weighted by Gasteiger charge is -2.21. The maximum Gasteiger partial charge on any atom is 0.130 e. The lowest BCUT2D eigenvalue weighted by atomic mass is 9.97. The van der Waals surface area contributed by atoms with Crippen LogP contribution in [0.15, 0.2) is 11.4 Å². The summed E-state index contributed by atoms with van der Waals surface area (Å²) in [6.07, 6.45) is 0. The second-order valence-corrected chi connectivity index (χ2v) is 5.12. The van der Waals surface area contributed by atoms with E-state index in [2.05, 4.69) is 6.92 Å². The summed E-state index contributed by atoms with van der Waals surface area (Å²) in [7, 11) is 0. The molecule has 0 atom stereocenters. The second kappa shape index (κ2) is 4.11. The normalized spacial score (nSPS) is 11.7. The molecule has 0 aromatic carbocycles. The van der Waals surface area contributed by atoms with E-state index in [9.17, 15) is 0 Å². The van der Waals surface area contributed by atoms with Crippen molar-refractivity contribution in [2.24, 2.45) is 5.41 Å². The topological polar surface area (TPSA) is 29.5 Å². The highest BCUT2D eigenvalue weighted by Crippen LogP contribution is 2.23. The number of hydrogen-bond acceptors (Lipinski definition) is 3. The molecule has 3 heteroatoms. The van der Waals surface area contributed by atoms with Crippen LogP contribution >= 0.6 is 11.3 Å². The van der Waals surface area contributed by atoms with Gasteiger partial charge >= 0.3 is 0 Å². The summed E-state index contributed by atoms with van der Waals surface area (Å²) in [4.78, 5) is 1.25. The van der Waals surface area contributed by atoms with Crippen molar-refractivity contribution in [3.05, 3.63) is 16.3 Å². The van der Waals surface area contributed by atoms with Gasteiger partial charge in [-0.05, 0) is 13.0 Å². The van der Waals surface area contributed by atoms with E-state index in [1.807, 2.05) is 25.3 Å². The van der Waals surface area contributed by atoms with Crippen molar-refractivity contribution < 1.29 is 9.84 Å². The Kier molecular flexibility index (Phi) is 3.33. The first kappa shape index (κ1) is 10.5. The van der Waals surface area contributed by atoms with Gasteiger partial charge in [-0.1, -0.05) is 13.8 Å². The molecule has 0 fully saturated rings. The summed E-state index contributed by atoms with van der Waals surface area (Å²) >= 11 is 1.68. The van der Waals surface area contributed by atoms with Crippen LogP contribution in [-0.2, 0) is 0 Å². The van der Waals surface area contributed by atoms with E-state index in [0.717, 1.165) is 5.75 Å². The van der Waals surface area contributed by atoms with Gasteiger partial charge in [0, 0.05) is 15.7 Å². The maximum absolute atomic E-state index is 9.00. The van der Waals surface area contributed by atoms with E-state index >= 15 is 0 Å². The van der Waals surface area contributed by atoms with Crippen molar-refractivity contribution in [1.29, 1.82) is 0 Å². The molecule has 0 aliphatic carbocycles. The van der Waals surface area contributed by atoms with Crippen LogP contribution in [0.4, 0.5) is 0 Å². The van der Waals surface area contributed by atoms with E-state index in [-0.39, 0.29) is 12.0 Å². The van der Waals surface area contributed by atoms with Crippen molar-refractivity contribution in [1.82, 2.24) is 0 Å². The number of hydrogen-bond donors (Lipinski definition) is 1. The van der Waals surface area contributed by atoms with Gasteiger partial charge in [0.2, 0.25) is 0 Å². The molecule has 0 unspecified atom stereocenters. The molecule has 2 nitrogen and oxygen atoms in total. The first-order valence-electron chi connectivity index (χ1n) is 4.32. The van der Waals surface area contributed by atoms with Gasteiger partial charge in [0.25, 0.3) is 0 Å². The van der Waals surface area contributed by atoms with Crippen molar-refractivity contribution in [2.75, 3.05) is 13.2 Å². The Morgan fingerprint density at radius 3 is 2.69 bits per heavy atom. The molecule has 0 amide bonds. The minimum Gasteiger partial charge on any atom is -0.492 e. The molecule has 0 bridgehead atoms. The highest BCUT2D eigenvalue weighted by Gasteiger charge is 2.17. The third-order valence-electron chi connectivity index (χ3n) is 1.76. The van der Waals surface area contributed by atoms with Gasteiger partial charge in [-0.25, -0.2) is 0 Å². The second-order valence-electron chi connectivity index (χ2n) is 4.00. The van der Waals surface area contributed by atoms with E-state index < -0.39 is 0 Å². The van der Waals surface area contributed by atoms with Gasteiger partial charge in [0.05, 0.1) is 13.2 Å². The van der Waals surface area contributed by atoms with Crippen molar-refractivity contribution in [3.63, 3.8) is 0 Å². The highest BCUT2D eigenvalue weighted by molar-refractivity contribution is 7.10. The zero-order valence-corrected chi connectivity index (χ0v) is 9.15. The largest absolute Gasteiger partial charge is 0.492 e. The SMILES string of the molecule is Cc1cc(OCC(C)(C)CO)cs1. The van der Waals surface area contributed by atoms with Gasteiger partial charge < -0.3 is 9.84 Å². The van der Waals surface area contributed by atoms with E-state index in [1.54, 1.807) is 11.3 Å². The minimum absolute atomic E-state index is 0.149. The van der Waals surface area contributed by atoms with Gasteiger partial charge in [-0.2, -0.15) is 0 Å². The van der Waals surface area contributed by atoms with Crippen LogP contribution < -0.4 is 4.74 Å². The zero-order chi connectivity index (χ0) is 9.90. The molecule has 0 spiro atoms. The van der Waals surface area contributed by atoms with Gasteiger partial charge in [0.15, 0.2) is 0 Å². The average Bonchev–Trinajstić information content (AvgIpc) is 2.48. The summed E-state index contributed by atoms with van der Waals surface area (Å²) in [5.74, 6) is 0.907. The van der Waals surface area contributed by atoms with E-state index in [0.29, 0.717) is 6.61 Å². The number of aryl methyl sites for hydroxylation is 1. The molecule has 0 aliphatic heterocycles. The molecular formula is C10H16O2S. The molecular weight excluding hydrogens is 184 g/mol. The summed E-state index contributed by atoms with van der Waals surface area (Å²) < 4.78 is 5.53. The lowest BCUT2D eigenvalue weighted by molar-refractivity contribution is 0.0978. The Morgan fingerprint density at radius 2 is 2.23 bits per heavy atom. The molecule has 1 aromatic rings. The molecule has 0 saturated heterocycles. The first-order valence-corrected chi connectivity index (χ1v) is 5.20. The van der Waals surface area contributed by atoms with Crippen molar-refractivity contribution >= 4 is 11.3 Å². The number of aliphatic hydroxyl groups is 1. The predicted molar refractivity (Wildman–Crippen MR) is 55.4 cm³/mol. The molecule has 13 heavy (non-hydrogen) atoms. The van der Waals surface area contributed by atoms with Gasteiger partial charge in [-0.15, -0.1) is 11.3 Å². The fourth-order valence-electron chi connectivity index (χ4n) is 0.819. The average molecular weight is 200 g/mol. The fourth-order valence-corrected chi connectivity index (χ4v) is 1.44. The monoisotopic (exact) mass is 200 g/mol.